The number of hydrogen-bond donors (Lipinski definition) is 2. The predicted molar refractivity (Wildman–Crippen MR) is 131 cm³/mol. The molecule has 1 aliphatic heterocycles. The van der Waals surface area contributed by atoms with Crippen LogP contribution in [0.25, 0.3) is 10.8 Å². The molecular formula is C27H27N3O4. The van der Waals surface area contributed by atoms with Crippen LogP contribution >= 0.6 is 0 Å². The van der Waals surface area contributed by atoms with E-state index in [9.17, 15) is 19.2 Å². The smallest absolute Gasteiger partial charge is 0.261 e. The van der Waals surface area contributed by atoms with Gasteiger partial charge in [-0.2, -0.15) is 0 Å². The van der Waals surface area contributed by atoms with Crippen molar-refractivity contribution in [3.8, 4) is 0 Å². The van der Waals surface area contributed by atoms with Gasteiger partial charge in [-0.25, -0.2) is 0 Å². The van der Waals surface area contributed by atoms with Gasteiger partial charge in [0.2, 0.25) is 5.91 Å². The molecule has 2 N–H and O–H groups in total. The van der Waals surface area contributed by atoms with Crippen molar-refractivity contribution in [1.29, 1.82) is 0 Å². The second kappa shape index (κ2) is 9.09. The molecule has 4 rings (SSSR count). The van der Waals surface area contributed by atoms with E-state index in [4.69, 9.17) is 0 Å². The van der Waals surface area contributed by atoms with Crippen molar-refractivity contribution < 1.29 is 19.2 Å². The fourth-order valence-corrected chi connectivity index (χ4v) is 4.02. The highest BCUT2D eigenvalue weighted by Gasteiger charge is 2.32. The van der Waals surface area contributed by atoms with E-state index in [0.29, 0.717) is 34.2 Å². The van der Waals surface area contributed by atoms with Crippen LogP contribution in [0.5, 0.6) is 0 Å². The number of nitrogens with zero attached hydrogens (tertiary/aromatic N) is 1. The second-order valence-corrected chi connectivity index (χ2v) is 9.40. The van der Waals surface area contributed by atoms with Crippen LogP contribution in [-0.4, -0.2) is 40.6 Å². The van der Waals surface area contributed by atoms with Gasteiger partial charge >= 0.3 is 0 Å². The minimum Gasteiger partial charge on any atom is -0.347 e. The molecule has 34 heavy (non-hydrogen) atoms. The Balaban J connectivity index is 1.33. The first kappa shape index (κ1) is 23.2. The normalized spacial score (nSPS) is 13.2. The van der Waals surface area contributed by atoms with Gasteiger partial charge in [0.15, 0.2) is 0 Å². The number of imide groups is 1. The predicted octanol–water partition coefficient (Wildman–Crippen LogP) is 4.38. The number of nitrogens with one attached hydrogen (secondary N) is 2. The van der Waals surface area contributed by atoms with Crippen molar-refractivity contribution in [2.45, 2.75) is 39.2 Å². The fourth-order valence-electron chi connectivity index (χ4n) is 4.02. The number of hydrogen-bond acceptors (Lipinski definition) is 4. The van der Waals surface area contributed by atoms with Gasteiger partial charge in [-0.05, 0) is 69.0 Å². The first-order chi connectivity index (χ1) is 16.1. The lowest BCUT2D eigenvalue weighted by molar-refractivity contribution is -0.116. The summed E-state index contributed by atoms with van der Waals surface area (Å²) in [6.45, 7) is 5.87. The minimum absolute atomic E-state index is 0.148. The molecule has 0 unspecified atom stereocenters. The highest BCUT2D eigenvalue weighted by atomic mass is 16.2. The summed E-state index contributed by atoms with van der Waals surface area (Å²) in [4.78, 5) is 51.7. The van der Waals surface area contributed by atoms with Crippen LogP contribution in [0.15, 0.2) is 60.7 Å². The number of rotatable bonds is 6. The Hall–Kier alpha value is -4.00. The number of carbonyl (C=O) groups excluding carboxylic acids is 4. The molecule has 0 saturated heterocycles. The molecule has 3 aromatic carbocycles. The van der Waals surface area contributed by atoms with Crippen LogP contribution < -0.4 is 10.6 Å². The van der Waals surface area contributed by atoms with Gasteiger partial charge < -0.3 is 10.6 Å². The second-order valence-electron chi connectivity index (χ2n) is 9.40. The zero-order chi connectivity index (χ0) is 24.5. The summed E-state index contributed by atoms with van der Waals surface area (Å²) in [6, 6.07) is 17.5. The highest BCUT2D eigenvalue weighted by molar-refractivity contribution is 6.25. The minimum atomic E-state index is -0.338. The Morgan fingerprint density at radius 1 is 0.853 bits per heavy atom. The van der Waals surface area contributed by atoms with E-state index < -0.39 is 0 Å². The van der Waals surface area contributed by atoms with Gasteiger partial charge in [-0.1, -0.05) is 24.3 Å². The summed E-state index contributed by atoms with van der Waals surface area (Å²) in [7, 11) is 0. The molecule has 0 aliphatic carbocycles. The van der Waals surface area contributed by atoms with Crippen molar-refractivity contribution in [3.63, 3.8) is 0 Å². The Labute approximate surface area is 198 Å². The molecule has 1 heterocycles. The van der Waals surface area contributed by atoms with Crippen LogP contribution in [-0.2, 0) is 4.79 Å². The average Bonchev–Trinajstić information content (AvgIpc) is 2.79. The molecule has 7 heteroatoms. The highest BCUT2D eigenvalue weighted by Crippen LogP contribution is 2.30. The Kier molecular flexibility index (Phi) is 6.20. The molecule has 7 nitrogen and oxygen atoms in total. The third kappa shape index (κ3) is 4.83. The number of benzene rings is 3. The van der Waals surface area contributed by atoms with Gasteiger partial charge in [0.25, 0.3) is 17.7 Å². The molecule has 174 valence electrons. The van der Waals surface area contributed by atoms with Crippen LogP contribution in [0.3, 0.4) is 0 Å². The van der Waals surface area contributed by atoms with Crippen molar-refractivity contribution in [1.82, 2.24) is 10.2 Å². The third-order valence-electron chi connectivity index (χ3n) is 5.56. The largest absolute Gasteiger partial charge is 0.347 e. The zero-order valence-corrected chi connectivity index (χ0v) is 19.5. The molecule has 0 bridgehead atoms. The standard InChI is InChI=1S/C27H27N3O4/c1-27(2,3)29-24(32)18-12-14-19(15-13-18)28-22(31)11-6-16-30-25(33)20-9-4-7-17-8-5-10-21(23(17)20)26(30)34/h4-5,7-10,12-15H,6,11,16H2,1-3H3,(H,28,31)(H,29,32). The van der Waals surface area contributed by atoms with E-state index in [1.165, 1.54) is 4.90 Å². The van der Waals surface area contributed by atoms with E-state index in [-0.39, 0.29) is 42.1 Å². The number of amides is 4. The van der Waals surface area contributed by atoms with Gasteiger partial charge in [-0.3, -0.25) is 24.1 Å². The molecule has 0 aromatic heterocycles. The number of carbonyl (C=O) groups is 4. The first-order valence-electron chi connectivity index (χ1n) is 11.2. The molecule has 0 saturated carbocycles. The van der Waals surface area contributed by atoms with E-state index in [2.05, 4.69) is 10.6 Å². The summed E-state index contributed by atoms with van der Waals surface area (Å²) in [5.41, 5.74) is 1.75. The van der Waals surface area contributed by atoms with E-state index in [1.54, 1.807) is 48.5 Å². The lowest BCUT2D eigenvalue weighted by Crippen LogP contribution is -2.41. The van der Waals surface area contributed by atoms with Crippen LogP contribution in [0.1, 0.15) is 64.7 Å². The summed E-state index contributed by atoms with van der Waals surface area (Å²) in [5, 5.41) is 7.23. The molecule has 1 aliphatic rings. The van der Waals surface area contributed by atoms with Crippen molar-refractivity contribution in [2.24, 2.45) is 0 Å². The maximum absolute atomic E-state index is 12.9. The summed E-state index contributed by atoms with van der Waals surface area (Å²) >= 11 is 0. The molecule has 0 radical (unpaired) electrons. The molecule has 0 fully saturated rings. The van der Waals surface area contributed by atoms with Crippen LogP contribution in [0.4, 0.5) is 5.69 Å². The van der Waals surface area contributed by atoms with Gasteiger partial charge in [0.05, 0.1) is 0 Å². The summed E-state index contributed by atoms with van der Waals surface area (Å²) in [6.07, 6.45) is 0.489. The van der Waals surface area contributed by atoms with E-state index in [0.717, 1.165) is 5.39 Å². The maximum atomic E-state index is 12.9. The van der Waals surface area contributed by atoms with Crippen molar-refractivity contribution in [3.05, 3.63) is 77.4 Å². The van der Waals surface area contributed by atoms with E-state index >= 15 is 0 Å². The van der Waals surface area contributed by atoms with Crippen molar-refractivity contribution in [2.75, 3.05) is 11.9 Å². The Morgan fingerprint density at radius 3 is 2.00 bits per heavy atom. The molecular weight excluding hydrogens is 430 g/mol. The van der Waals surface area contributed by atoms with Gasteiger partial charge in [0.1, 0.15) is 0 Å². The molecule has 0 spiro atoms. The monoisotopic (exact) mass is 457 g/mol. The first-order valence-corrected chi connectivity index (χ1v) is 11.2. The lowest BCUT2D eigenvalue weighted by Gasteiger charge is -2.27. The Bertz CT molecular complexity index is 1240. The van der Waals surface area contributed by atoms with E-state index in [1.807, 2.05) is 32.9 Å². The van der Waals surface area contributed by atoms with Crippen LogP contribution in [0, 0.1) is 0 Å². The van der Waals surface area contributed by atoms with Gasteiger partial charge in [-0.15, -0.1) is 0 Å². The molecule has 4 amide bonds. The quantitative estimate of drug-likeness (QED) is 0.537. The topological polar surface area (TPSA) is 95.6 Å². The lowest BCUT2D eigenvalue weighted by atomic mass is 9.94. The van der Waals surface area contributed by atoms with Crippen molar-refractivity contribution >= 4 is 40.1 Å². The number of anilines is 1. The summed E-state index contributed by atoms with van der Waals surface area (Å²) in [5.74, 6) is -1.08. The SMILES string of the molecule is CC(C)(C)NC(=O)c1ccc(NC(=O)CCCN2C(=O)c3cccc4cccc(c34)C2=O)cc1. The maximum Gasteiger partial charge on any atom is 0.261 e. The summed E-state index contributed by atoms with van der Waals surface area (Å²) < 4.78 is 0. The Morgan fingerprint density at radius 2 is 1.44 bits per heavy atom. The van der Waals surface area contributed by atoms with Gasteiger partial charge in [0, 0.05) is 46.3 Å². The fraction of sp³-hybridized carbons (Fsp3) is 0.259. The third-order valence-corrected chi connectivity index (χ3v) is 5.56. The average molecular weight is 458 g/mol. The molecule has 3 aromatic rings. The van der Waals surface area contributed by atoms with Crippen LogP contribution in [0.2, 0.25) is 0 Å². The zero-order valence-electron chi connectivity index (χ0n) is 19.5. The molecule has 0 atom stereocenters.